The van der Waals surface area contributed by atoms with E-state index in [1.165, 1.54) is 29.2 Å². The lowest BCUT2D eigenvalue weighted by atomic mass is 9.95. The molecule has 3 aromatic carbocycles. The minimum atomic E-state index is -0.853. The van der Waals surface area contributed by atoms with Crippen molar-refractivity contribution < 1.29 is 23.8 Å². The molecule has 1 fully saturated rings. The second-order valence-electron chi connectivity index (χ2n) is 8.27. The highest BCUT2D eigenvalue weighted by Crippen LogP contribution is 2.41. The van der Waals surface area contributed by atoms with Crippen molar-refractivity contribution in [3.63, 3.8) is 0 Å². The molecule has 0 aliphatic carbocycles. The highest BCUT2D eigenvalue weighted by atomic mass is 19.1. The van der Waals surface area contributed by atoms with Gasteiger partial charge in [-0.15, -0.1) is 0 Å². The number of hydrogen-bond acceptors (Lipinski definition) is 5. The van der Waals surface area contributed by atoms with Crippen molar-refractivity contribution in [1.82, 2.24) is 9.88 Å². The lowest BCUT2D eigenvalue weighted by molar-refractivity contribution is -0.140. The first-order valence-corrected chi connectivity index (χ1v) is 11.3. The van der Waals surface area contributed by atoms with Crippen LogP contribution in [0.15, 0.2) is 109 Å². The van der Waals surface area contributed by atoms with Gasteiger partial charge < -0.3 is 14.7 Å². The fourth-order valence-electron chi connectivity index (χ4n) is 4.18. The molecule has 1 aliphatic rings. The summed E-state index contributed by atoms with van der Waals surface area (Å²) in [6, 6.07) is 24.1. The van der Waals surface area contributed by atoms with Crippen LogP contribution < -0.4 is 4.74 Å². The number of benzene rings is 3. The normalized spacial score (nSPS) is 16.8. The van der Waals surface area contributed by atoms with E-state index in [1.807, 2.05) is 30.3 Å². The molecule has 1 atom stereocenters. The number of aliphatic hydroxyl groups excluding tert-OH is 1. The van der Waals surface area contributed by atoms with Crippen LogP contribution in [0.3, 0.4) is 0 Å². The highest BCUT2D eigenvalue weighted by Gasteiger charge is 2.46. The van der Waals surface area contributed by atoms with Crippen molar-refractivity contribution in [2.45, 2.75) is 12.6 Å². The van der Waals surface area contributed by atoms with Crippen molar-refractivity contribution in [1.29, 1.82) is 0 Å². The van der Waals surface area contributed by atoms with Gasteiger partial charge in [-0.2, -0.15) is 0 Å². The maximum atomic E-state index is 13.5. The van der Waals surface area contributed by atoms with E-state index in [0.29, 0.717) is 17.1 Å². The molecule has 2 heterocycles. The van der Waals surface area contributed by atoms with Crippen LogP contribution >= 0.6 is 0 Å². The third-order valence-corrected chi connectivity index (χ3v) is 5.93. The molecule has 1 saturated heterocycles. The number of aliphatic hydroxyl groups is 1. The molecule has 1 unspecified atom stereocenters. The number of likely N-dealkylation sites (tertiary alicyclic amines) is 1. The molecule has 5 rings (SSSR count). The quantitative estimate of drug-likeness (QED) is 0.220. The number of halogens is 1. The number of carbonyl (C=O) groups is 2. The number of hydrogen-bond donors (Lipinski definition) is 1. The summed E-state index contributed by atoms with van der Waals surface area (Å²) in [4.78, 5) is 31.7. The van der Waals surface area contributed by atoms with Crippen LogP contribution in [-0.2, 0) is 16.1 Å². The predicted octanol–water partition coefficient (Wildman–Crippen LogP) is 5.63. The van der Waals surface area contributed by atoms with Gasteiger partial charge in [-0.25, -0.2) is 4.39 Å². The average molecular weight is 480 g/mol. The Labute approximate surface area is 206 Å². The maximum Gasteiger partial charge on any atom is 0.295 e. The lowest BCUT2D eigenvalue weighted by Crippen LogP contribution is -2.29. The Morgan fingerprint density at radius 1 is 0.861 bits per heavy atom. The van der Waals surface area contributed by atoms with Gasteiger partial charge in [0.25, 0.3) is 11.7 Å². The molecular weight excluding hydrogens is 459 g/mol. The van der Waals surface area contributed by atoms with Crippen molar-refractivity contribution in [3.8, 4) is 11.5 Å². The smallest absolute Gasteiger partial charge is 0.295 e. The highest BCUT2D eigenvalue weighted by molar-refractivity contribution is 6.46. The summed E-state index contributed by atoms with van der Waals surface area (Å²) in [5.41, 5.74) is 1.58. The van der Waals surface area contributed by atoms with Crippen molar-refractivity contribution >= 4 is 17.4 Å². The Balaban J connectivity index is 1.56. The molecule has 1 amide bonds. The van der Waals surface area contributed by atoms with E-state index in [-0.39, 0.29) is 23.4 Å². The van der Waals surface area contributed by atoms with Gasteiger partial charge in [0.15, 0.2) is 0 Å². The van der Waals surface area contributed by atoms with Gasteiger partial charge in [0.05, 0.1) is 11.6 Å². The molecular formula is C29H21FN2O4. The van der Waals surface area contributed by atoms with Crippen LogP contribution in [0.1, 0.15) is 22.7 Å². The van der Waals surface area contributed by atoms with Crippen LogP contribution in [0.4, 0.5) is 4.39 Å². The number of para-hydroxylation sites is 1. The third-order valence-electron chi connectivity index (χ3n) is 5.93. The van der Waals surface area contributed by atoms with E-state index < -0.39 is 23.5 Å². The molecule has 0 radical (unpaired) electrons. The molecule has 7 heteroatoms. The first-order chi connectivity index (χ1) is 17.5. The zero-order valence-corrected chi connectivity index (χ0v) is 19.0. The Hall–Kier alpha value is -4.78. The number of rotatable bonds is 6. The van der Waals surface area contributed by atoms with Gasteiger partial charge in [0.2, 0.25) is 0 Å². The van der Waals surface area contributed by atoms with Gasteiger partial charge in [0, 0.05) is 24.5 Å². The summed E-state index contributed by atoms with van der Waals surface area (Å²) in [5, 5.41) is 11.1. The first kappa shape index (κ1) is 23.0. The Morgan fingerprint density at radius 3 is 2.17 bits per heavy atom. The Bertz CT molecular complexity index is 1420. The van der Waals surface area contributed by atoms with E-state index in [1.54, 1.807) is 48.8 Å². The van der Waals surface area contributed by atoms with Crippen LogP contribution in [0, 0.1) is 5.82 Å². The fourth-order valence-corrected chi connectivity index (χ4v) is 4.18. The van der Waals surface area contributed by atoms with Crippen LogP contribution in [0.5, 0.6) is 11.5 Å². The van der Waals surface area contributed by atoms with E-state index in [4.69, 9.17) is 4.74 Å². The number of aromatic nitrogens is 1. The van der Waals surface area contributed by atoms with E-state index >= 15 is 0 Å². The van der Waals surface area contributed by atoms with Gasteiger partial charge in [-0.3, -0.25) is 14.6 Å². The molecule has 0 bridgehead atoms. The molecule has 6 nitrogen and oxygen atoms in total. The monoisotopic (exact) mass is 480 g/mol. The number of nitrogens with zero attached hydrogens (tertiary/aromatic N) is 2. The summed E-state index contributed by atoms with van der Waals surface area (Å²) in [6.07, 6.45) is 3.21. The number of pyridine rings is 1. The van der Waals surface area contributed by atoms with Crippen LogP contribution in [0.25, 0.3) is 5.76 Å². The second-order valence-corrected chi connectivity index (χ2v) is 8.27. The predicted molar refractivity (Wildman–Crippen MR) is 131 cm³/mol. The maximum absolute atomic E-state index is 13.5. The lowest BCUT2D eigenvalue weighted by Gasteiger charge is -2.25. The summed E-state index contributed by atoms with van der Waals surface area (Å²) < 4.78 is 19.3. The largest absolute Gasteiger partial charge is 0.507 e. The summed E-state index contributed by atoms with van der Waals surface area (Å²) in [7, 11) is 0. The number of amides is 1. The SMILES string of the molecule is O=C1C(=O)N(Cc2ccncc2)C(c2ccc(Oc3ccccc3)cc2)/C1=C(/O)c1ccc(F)cc1. The van der Waals surface area contributed by atoms with E-state index in [0.717, 1.165) is 5.56 Å². The topological polar surface area (TPSA) is 79.7 Å². The number of carbonyl (C=O) groups excluding carboxylic acids is 2. The molecule has 1 aliphatic heterocycles. The van der Waals surface area contributed by atoms with Crippen molar-refractivity contribution in [2.24, 2.45) is 0 Å². The van der Waals surface area contributed by atoms with Gasteiger partial charge in [0.1, 0.15) is 23.1 Å². The third kappa shape index (κ3) is 4.59. The van der Waals surface area contributed by atoms with Crippen LogP contribution in [0.2, 0.25) is 0 Å². The summed E-state index contributed by atoms with van der Waals surface area (Å²) in [5.74, 6) is -1.12. The molecule has 1 aromatic heterocycles. The zero-order valence-electron chi connectivity index (χ0n) is 19.0. The summed E-state index contributed by atoms with van der Waals surface area (Å²) in [6.45, 7) is 0.139. The van der Waals surface area contributed by atoms with Gasteiger partial charge in [-0.05, 0) is 71.8 Å². The molecule has 1 N–H and O–H groups in total. The molecule has 178 valence electrons. The molecule has 0 saturated carbocycles. The minimum absolute atomic E-state index is 0.0580. The fraction of sp³-hybridized carbons (Fsp3) is 0.0690. The molecule has 0 spiro atoms. The zero-order chi connectivity index (χ0) is 25.1. The second kappa shape index (κ2) is 9.84. The van der Waals surface area contributed by atoms with E-state index in [9.17, 15) is 19.1 Å². The average Bonchev–Trinajstić information content (AvgIpc) is 3.15. The summed E-state index contributed by atoms with van der Waals surface area (Å²) >= 11 is 0. The van der Waals surface area contributed by atoms with Gasteiger partial charge >= 0.3 is 0 Å². The van der Waals surface area contributed by atoms with Gasteiger partial charge in [-0.1, -0.05) is 30.3 Å². The van der Waals surface area contributed by atoms with E-state index in [2.05, 4.69) is 4.98 Å². The Kier molecular flexibility index (Phi) is 6.28. The molecule has 4 aromatic rings. The number of Topliss-reactive ketones (excluding diaryl/α,β-unsaturated/α-hetero) is 1. The standard InChI is InChI=1S/C29H21FN2O4/c30-22-10-6-21(7-11-22)27(33)25-26(32(29(35)28(25)34)18-19-14-16-31-17-15-19)20-8-12-24(13-9-20)36-23-4-2-1-3-5-23/h1-17,26,33H,18H2/b27-25-. The molecule has 36 heavy (non-hydrogen) atoms. The number of ketones is 1. The first-order valence-electron chi connectivity index (χ1n) is 11.3. The number of ether oxygens (including phenoxy) is 1. The van der Waals surface area contributed by atoms with Crippen molar-refractivity contribution in [2.75, 3.05) is 0 Å². The minimum Gasteiger partial charge on any atom is -0.507 e. The van der Waals surface area contributed by atoms with Crippen LogP contribution in [-0.4, -0.2) is 26.7 Å². The Morgan fingerprint density at radius 2 is 1.50 bits per heavy atom. The van der Waals surface area contributed by atoms with Crippen molar-refractivity contribution in [3.05, 3.63) is 131 Å².